The Morgan fingerprint density at radius 3 is 2.68 bits per heavy atom. The number of nitrogens with one attached hydrogen (secondary N) is 1. The van der Waals surface area contributed by atoms with Gasteiger partial charge >= 0.3 is 0 Å². The van der Waals surface area contributed by atoms with Gasteiger partial charge in [-0.15, -0.1) is 0 Å². The maximum atomic E-state index is 12.0. The standard InChI is InChI=1S/C20H22N2O2S/c1-16(24-14-17-7-3-2-4-8-17)20(23)22-11-12-25-15-19-10-6-5-9-18(19)13-21/h2-10,16H,11-12,14-15H2,1H3,(H,22,23). The molecule has 0 bridgehead atoms. The zero-order valence-corrected chi connectivity index (χ0v) is 15.1. The van der Waals surface area contributed by atoms with Gasteiger partial charge in [-0.05, 0) is 24.1 Å². The zero-order valence-electron chi connectivity index (χ0n) is 14.3. The van der Waals surface area contributed by atoms with E-state index in [1.54, 1.807) is 18.7 Å². The second-order valence-electron chi connectivity index (χ2n) is 5.55. The summed E-state index contributed by atoms with van der Waals surface area (Å²) in [5, 5.41) is 11.9. The van der Waals surface area contributed by atoms with Crippen molar-refractivity contribution in [3.05, 3.63) is 71.3 Å². The number of benzene rings is 2. The lowest BCUT2D eigenvalue weighted by Gasteiger charge is -2.13. The molecule has 5 heteroatoms. The van der Waals surface area contributed by atoms with E-state index >= 15 is 0 Å². The topological polar surface area (TPSA) is 62.1 Å². The molecule has 0 radical (unpaired) electrons. The maximum absolute atomic E-state index is 12.0. The number of carbonyl (C=O) groups is 1. The average Bonchev–Trinajstić information content (AvgIpc) is 2.66. The Balaban J connectivity index is 1.62. The molecule has 1 N–H and O–H groups in total. The van der Waals surface area contributed by atoms with E-state index in [1.165, 1.54) is 0 Å². The molecule has 130 valence electrons. The molecule has 0 aliphatic carbocycles. The number of nitrogens with zero attached hydrogens (tertiary/aromatic N) is 1. The SMILES string of the molecule is CC(OCc1ccccc1)C(=O)NCCSCc1ccccc1C#N. The first-order chi connectivity index (χ1) is 12.2. The van der Waals surface area contributed by atoms with Crippen molar-refractivity contribution in [1.29, 1.82) is 5.26 Å². The van der Waals surface area contributed by atoms with Gasteiger partial charge in [0.2, 0.25) is 5.91 Å². The monoisotopic (exact) mass is 354 g/mol. The van der Waals surface area contributed by atoms with Crippen LogP contribution in [0.4, 0.5) is 0 Å². The molecule has 1 atom stereocenters. The normalized spacial score (nSPS) is 11.5. The molecule has 1 amide bonds. The van der Waals surface area contributed by atoms with Crippen LogP contribution in [0.25, 0.3) is 0 Å². The van der Waals surface area contributed by atoms with E-state index in [2.05, 4.69) is 11.4 Å². The molecule has 0 aliphatic heterocycles. The van der Waals surface area contributed by atoms with Crippen LogP contribution in [0.3, 0.4) is 0 Å². The molecule has 0 saturated carbocycles. The van der Waals surface area contributed by atoms with Crippen LogP contribution < -0.4 is 5.32 Å². The third-order valence-electron chi connectivity index (χ3n) is 3.65. The summed E-state index contributed by atoms with van der Waals surface area (Å²) in [6.07, 6.45) is -0.482. The highest BCUT2D eigenvalue weighted by Crippen LogP contribution is 2.15. The van der Waals surface area contributed by atoms with Gasteiger partial charge in [0.05, 0.1) is 18.2 Å². The molecular weight excluding hydrogens is 332 g/mol. The molecule has 2 aromatic rings. The van der Waals surface area contributed by atoms with Crippen molar-refractivity contribution in [1.82, 2.24) is 5.32 Å². The van der Waals surface area contributed by atoms with E-state index in [1.807, 2.05) is 54.6 Å². The lowest BCUT2D eigenvalue weighted by molar-refractivity contribution is -0.132. The van der Waals surface area contributed by atoms with Crippen molar-refractivity contribution in [3.8, 4) is 6.07 Å². The summed E-state index contributed by atoms with van der Waals surface area (Å²) in [6.45, 7) is 2.76. The minimum absolute atomic E-state index is 0.103. The van der Waals surface area contributed by atoms with E-state index in [9.17, 15) is 4.79 Å². The van der Waals surface area contributed by atoms with Gasteiger partial charge in [-0.25, -0.2) is 0 Å². The number of hydrogen-bond donors (Lipinski definition) is 1. The highest BCUT2D eigenvalue weighted by Gasteiger charge is 2.12. The number of hydrogen-bond acceptors (Lipinski definition) is 4. The van der Waals surface area contributed by atoms with E-state index < -0.39 is 6.10 Å². The number of ether oxygens (including phenoxy) is 1. The minimum Gasteiger partial charge on any atom is -0.364 e. The predicted octanol–water partition coefficient (Wildman–Crippen LogP) is 3.51. The van der Waals surface area contributed by atoms with Crippen LogP contribution in [0.5, 0.6) is 0 Å². The lowest BCUT2D eigenvalue weighted by atomic mass is 10.1. The van der Waals surface area contributed by atoms with Gasteiger partial charge in [0.1, 0.15) is 6.10 Å². The van der Waals surface area contributed by atoms with Crippen molar-refractivity contribution in [2.75, 3.05) is 12.3 Å². The number of rotatable bonds is 9. The fraction of sp³-hybridized carbons (Fsp3) is 0.300. The summed E-state index contributed by atoms with van der Waals surface area (Å²) in [5.74, 6) is 1.45. The average molecular weight is 354 g/mol. The fourth-order valence-electron chi connectivity index (χ4n) is 2.20. The van der Waals surface area contributed by atoms with Crippen LogP contribution >= 0.6 is 11.8 Å². The molecule has 4 nitrogen and oxygen atoms in total. The third-order valence-corrected chi connectivity index (χ3v) is 4.66. The summed E-state index contributed by atoms with van der Waals surface area (Å²) >= 11 is 1.69. The molecule has 25 heavy (non-hydrogen) atoms. The molecule has 0 heterocycles. The highest BCUT2D eigenvalue weighted by atomic mass is 32.2. The van der Waals surface area contributed by atoms with Crippen molar-refractivity contribution in [3.63, 3.8) is 0 Å². The summed E-state index contributed by atoms with van der Waals surface area (Å²) in [7, 11) is 0. The van der Waals surface area contributed by atoms with Crippen molar-refractivity contribution < 1.29 is 9.53 Å². The van der Waals surface area contributed by atoms with Crippen LogP contribution in [0.15, 0.2) is 54.6 Å². The molecule has 2 aromatic carbocycles. The van der Waals surface area contributed by atoms with Gasteiger partial charge < -0.3 is 10.1 Å². The van der Waals surface area contributed by atoms with E-state index in [4.69, 9.17) is 10.00 Å². The quantitative estimate of drug-likeness (QED) is 0.700. The number of nitriles is 1. The van der Waals surface area contributed by atoms with Gasteiger partial charge in [0, 0.05) is 18.1 Å². The third kappa shape index (κ3) is 6.61. The Labute approximate surface area is 153 Å². The Bertz CT molecular complexity index is 713. The van der Waals surface area contributed by atoms with Gasteiger partial charge in [-0.1, -0.05) is 48.5 Å². The van der Waals surface area contributed by atoms with Crippen LogP contribution in [0.1, 0.15) is 23.6 Å². The maximum Gasteiger partial charge on any atom is 0.248 e. The Hall–Kier alpha value is -2.29. The smallest absolute Gasteiger partial charge is 0.248 e. The molecule has 0 fully saturated rings. The first kappa shape index (κ1) is 19.0. The first-order valence-electron chi connectivity index (χ1n) is 8.19. The van der Waals surface area contributed by atoms with E-state index in [-0.39, 0.29) is 5.91 Å². The van der Waals surface area contributed by atoms with Crippen LogP contribution in [-0.4, -0.2) is 24.3 Å². The van der Waals surface area contributed by atoms with Crippen molar-refractivity contribution >= 4 is 17.7 Å². The summed E-state index contributed by atoms with van der Waals surface area (Å²) < 4.78 is 5.59. The Morgan fingerprint density at radius 1 is 1.20 bits per heavy atom. The van der Waals surface area contributed by atoms with Gasteiger partial charge in [0.15, 0.2) is 0 Å². The highest BCUT2D eigenvalue weighted by molar-refractivity contribution is 7.98. The second-order valence-corrected chi connectivity index (χ2v) is 6.66. The Kier molecular flexibility index (Phi) is 8.03. The Morgan fingerprint density at radius 2 is 1.92 bits per heavy atom. The lowest BCUT2D eigenvalue weighted by Crippen LogP contribution is -2.35. The first-order valence-corrected chi connectivity index (χ1v) is 9.35. The minimum atomic E-state index is -0.482. The molecule has 0 aromatic heterocycles. The molecule has 1 unspecified atom stereocenters. The number of amides is 1. The molecule has 2 rings (SSSR count). The van der Waals surface area contributed by atoms with Gasteiger partial charge in [0.25, 0.3) is 0 Å². The van der Waals surface area contributed by atoms with Crippen LogP contribution in [-0.2, 0) is 21.9 Å². The largest absolute Gasteiger partial charge is 0.364 e. The van der Waals surface area contributed by atoms with Gasteiger partial charge in [-0.3, -0.25) is 4.79 Å². The molecule has 0 aliphatic rings. The fourth-order valence-corrected chi connectivity index (χ4v) is 3.06. The van der Waals surface area contributed by atoms with Crippen molar-refractivity contribution in [2.45, 2.75) is 25.4 Å². The van der Waals surface area contributed by atoms with E-state index in [0.717, 1.165) is 22.6 Å². The predicted molar refractivity (Wildman–Crippen MR) is 101 cm³/mol. The summed E-state index contributed by atoms with van der Waals surface area (Å²) in [5.41, 5.74) is 2.79. The van der Waals surface area contributed by atoms with Crippen molar-refractivity contribution in [2.24, 2.45) is 0 Å². The van der Waals surface area contributed by atoms with Crippen LogP contribution in [0.2, 0.25) is 0 Å². The second kappa shape index (κ2) is 10.5. The van der Waals surface area contributed by atoms with E-state index in [0.29, 0.717) is 18.7 Å². The zero-order chi connectivity index (χ0) is 17.9. The molecular formula is C20H22N2O2S. The van der Waals surface area contributed by atoms with Gasteiger partial charge in [-0.2, -0.15) is 17.0 Å². The van der Waals surface area contributed by atoms with Crippen LogP contribution in [0, 0.1) is 11.3 Å². The molecule has 0 saturated heterocycles. The number of carbonyl (C=O) groups excluding carboxylic acids is 1. The summed E-state index contributed by atoms with van der Waals surface area (Å²) in [4.78, 5) is 12.0. The number of thioether (sulfide) groups is 1. The molecule has 0 spiro atoms. The summed E-state index contributed by atoms with van der Waals surface area (Å²) in [6, 6.07) is 19.6.